The molecule has 1 N–H and O–H groups in total. The second-order valence-corrected chi connectivity index (χ2v) is 5.60. The van der Waals surface area contributed by atoms with E-state index < -0.39 is 29.7 Å². The van der Waals surface area contributed by atoms with E-state index in [0.717, 1.165) is 12.3 Å². The molecule has 0 unspecified atom stereocenters. The van der Waals surface area contributed by atoms with Crippen LogP contribution in [-0.4, -0.2) is 35.4 Å². The third kappa shape index (κ3) is 4.47. The fourth-order valence-corrected chi connectivity index (χ4v) is 2.49. The third-order valence-electron chi connectivity index (χ3n) is 3.48. The average molecular weight is 365 g/mol. The molecule has 9 heteroatoms. The van der Waals surface area contributed by atoms with Crippen molar-refractivity contribution < 1.29 is 27.2 Å². The smallest absolute Gasteiger partial charge is 0.365 e. The number of nitrogens with one attached hydrogen (secondary N) is 1. The van der Waals surface area contributed by atoms with E-state index in [9.17, 15) is 27.2 Å². The van der Waals surface area contributed by atoms with Crippen molar-refractivity contribution in [3.05, 3.63) is 41.3 Å². The van der Waals surface area contributed by atoms with Crippen LogP contribution in [0.4, 0.5) is 23.2 Å². The van der Waals surface area contributed by atoms with Crippen molar-refractivity contribution in [1.29, 1.82) is 0 Å². The molecule has 0 aromatic heterocycles. The van der Waals surface area contributed by atoms with E-state index in [2.05, 4.69) is 5.32 Å². The summed E-state index contributed by atoms with van der Waals surface area (Å²) in [5, 5.41) is 2.37. The summed E-state index contributed by atoms with van der Waals surface area (Å²) in [5.74, 6) is -3.09. The Morgan fingerprint density at radius 2 is 2.04 bits per heavy atom. The number of hydrogen-bond acceptors (Lipinski definition) is 3. The highest BCUT2D eigenvalue weighted by Gasteiger charge is 2.37. The quantitative estimate of drug-likeness (QED) is 0.657. The van der Waals surface area contributed by atoms with Crippen LogP contribution in [0.15, 0.2) is 30.5 Å². The first kappa shape index (κ1) is 18.3. The standard InChI is InChI=1S/C15H13ClF4N2O2/c16-10-8-9(3-4-11(10)17)21-14(24)12-2-1-6-22(12)7-5-13(23)15(18,19)20/h3-5,7-8,12H,1-2,6H2,(H,21,24)/b7-5+/t12-/m1/s1. The monoisotopic (exact) mass is 364 g/mol. The van der Waals surface area contributed by atoms with Gasteiger partial charge in [-0.1, -0.05) is 11.6 Å². The number of allylic oxidation sites excluding steroid dienone is 1. The van der Waals surface area contributed by atoms with Gasteiger partial charge in [-0.15, -0.1) is 0 Å². The first-order chi connectivity index (χ1) is 11.2. The van der Waals surface area contributed by atoms with Crippen molar-refractivity contribution in [2.45, 2.75) is 25.1 Å². The molecule has 0 saturated carbocycles. The summed E-state index contributed by atoms with van der Waals surface area (Å²) in [6.07, 6.45) is -2.55. The number of carbonyl (C=O) groups is 2. The minimum absolute atomic E-state index is 0.160. The Balaban J connectivity index is 2.04. The fourth-order valence-electron chi connectivity index (χ4n) is 2.31. The molecule has 0 spiro atoms. The van der Waals surface area contributed by atoms with Crippen molar-refractivity contribution >= 4 is 29.0 Å². The van der Waals surface area contributed by atoms with Crippen LogP contribution in [0.5, 0.6) is 0 Å². The number of anilines is 1. The van der Waals surface area contributed by atoms with Crippen LogP contribution in [0.25, 0.3) is 0 Å². The van der Waals surface area contributed by atoms with E-state index in [1.54, 1.807) is 0 Å². The van der Waals surface area contributed by atoms with E-state index in [-0.39, 0.29) is 10.7 Å². The maximum absolute atomic E-state index is 13.1. The highest BCUT2D eigenvalue weighted by Crippen LogP contribution is 2.23. The van der Waals surface area contributed by atoms with E-state index in [1.165, 1.54) is 17.0 Å². The van der Waals surface area contributed by atoms with Gasteiger partial charge in [-0.05, 0) is 31.0 Å². The van der Waals surface area contributed by atoms with Gasteiger partial charge in [0.2, 0.25) is 5.91 Å². The van der Waals surface area contributed by atoms with Crippen molar-refractivity contribution in [1.82, 2.24) is 4.90 Å². The van der Waals surface area contributed by atoms with Crippen LogP contribution in [0, 0.1) is 5.82 Å². The van der Waals surface area contributed by atoms with Crippen LogP contribution >= 0.6 is 11.6 Å². The zero-order valence-electron chi connectivity index (χ0n) is 12.2. The summed E-state index contributed by atoms with van der Waals surface area (Å²) >= 11 is 5.62. The second-order valence-electron chi connectivity index (χ2n) is 5.19. The summed E-state index contributed by atoms with van der Waals surface area (Å²) in [5.41, 5.74) is 0.272. The highest BCUT2D eigenvalue weighted by molar-refractivity contribution is 6.31. The molecule has 1 aromatic carbocycles. The van der Waals surface area contributed by atoms with Gasteiger partial charge in [-0.3, -0.25) is 9.59 Å². The Morgan fingerprint density at radius 3 is 2.67 bits per heavy atom. The zero-order valence-corrected chi connectivity index (χ0v) is 13.0. The van der Waals surface area contributed by atoms with Gasteiger partial charge in [-0.25, -0.2) is 4.39 Å². The molecule has 24 heavy (non-hydrogen) atoms. The fraction of sp³-hybridized carbons (Fsp3) is 0.333. The Hall–Kier alpha value is -2.09. The topological polar surface area (TPSA) is 49.4 Å². The van der Waals surface area contributed by atoms with Crippen molar-refractivity contribution in [2.24, 2.45) is 0 Å². The number of benzene rings is 1. The average Bonchev–Trinajstić information content (AvgIpc) is 2.96. The summed E-state index contributed by atoms with van der Waals surface area (Å²) in [6.45, 7) is 0.351. The van der Waals surface area contributed by atoms with E-state index in [4.69, 9.17) is 11.6 Å². The maximum Gasteiger partial charge on any atom is 0.454 e. The van der Waals surface area contributed by atoms with Gasteiger partial charge in [0.15, 0.2) is 0 Å². The number of halogens is 5. The van der Waals surface area contributed by atoms with Gasteiger partial charge < -0.3 is 10.2 Å². The van der Waals surface area contributed by atoms with Crippen molar-refractivity contribution in [3.8, 4) is 0 Å². The van der Waals surface area contributed by atoms with Crippen LogP contribution < -0.4 is 5.32 Å². The van der Waals surface area contributed by atoms with Crippen LogP contribution in [-0.2, 0) is 9.59 Å². The van der Waals surface area contributed by atoms with E-state index in [0.29, 0.717) is 25.5 Å². The largest absolute Gasteiger partial charge is 0.454 e. The lowest BCUT2D eigenvalue weighted by Crippen LogP contribution is -2.36. The van der Waals surface area contributed by atoms with Gasteiger partial charge in [-0.2, -0.15) is 13.2 Å². The molecular formula is C15H13ClF4N2O2. The van der Waals surface area contributed by atoms with Gasteiger partial charge >= 0.3 is 6.18 Å². The minimum atomic E-state index is -4.95. The molecule has 1 fully saturated rings. The molecule has 4 nitrogen and oxygen atoms in total. The number of amides is 1. The van der Waals surface area contributed by atoms with Crippen molar-refractivity contribution in [2.75, 3.05) is 11.9 Å². The molecule has 1 atom stereocenters. The molecular weight excluding hydrogens is 352 g/mol. The lowest BCUT2D eigenvalue weighted by molar-refractivity contribution is -0.165. The number of ketones is 1. The number of nitrogens with zero attached hydrogens (tertiary/aromatic N) is 1. The molecule has 0 aliphatic carbocycles. The summed E-state index contributed by atoms with van der Waals surface area (Å²) in [4.78, 5) is 24.5. The Labute approximate surface area is 140 Å². The Kier molecular flexibility index (Phi) is 5.48. The van der Waals surface area contributed by atoms with E-state index >= 15 is 0 Å². The van der Waals surface area contributed by atoms with Crippen LogP contribution in [0.1, 0.15) is 12.8 Å². The van der Waals surface area contributed by atoms with Crippen LogP contribution in [0.3, 0.4) is 0 Å². The third-order valence-corrected chi connectivity index (χ3v) is 3.77. The second kappa shape index (κ2) is 7.21. The number of likely N-dealkylation sites (tertiary alicyclic amines) is 1. The predicted molar refractivity (Wildman–Crippen MR) is 80.0 cm³/mol. The number of hydrogen-bond donors (Lipinski definition) is 1. The van der Waals surface area contributed by atoms with Gasteiger partial charge in [0.25, 0.3) is 5.78 Å². The molecule has 2 rings (SSSR count). The zero-order chi connectivity index (χ0) is 17.9. The van der Waals surface area contributed by atoms with Crippen molar-refractivity contribution in [3.63, 3.8) is 0 Å². The Morgan fingerprint density at radius 1 is 1.33 bits per heavy atom. The molecule has 1 saturated heterocycles. The summed E-state index contributed by atoms with van der Waals surface area (Å²) in [6, 6.07) is 2.93. The first-order valence-electron chi connectivity index (χ1n) is 6.99. The van der Waals surface area contributed by atoms with Gasteiger partial charge in [0, 0.05) is 24.5 Å². The normalized spacial score (nSPS) is 18.2. The number of rotatable bonds is 4. The number of alkyl halides is 3. The first-order valence-corrected chi connectivity index (χ1v) is 7.37. The lowest BCUT2D eigenvalue weighted by Gasteiger charge is -2.22. The van der Waals surface area contributed by atoms with Gasteiger partial charge in [0.05, 0.1) is 5.02 Å². The van der Waals surface area contributed by atoms with Crippen LogP contribution in [0.2, 0.25) is 5.02 Å². The number of carbonyl (C=O) groups excluding carboxylic acids is 2. The molecule has 1 aliphatic rings. The highest BCUT2D eigenvalue weighted by atomic mass is 35.5. The molecule has 130 valence electrons. The molecule has 0 radical (unpaired) electrons. The molecule has 1 aliphatic heterocycles. The Bertz CT molecular complexity index is 676. The van der Waals surface area contributed by atoms with E-state index in [1.807, 2.05) is 0 Å². The summed E-state index contributed by atoms with van der Waals surface area (Å²) in [7, 11) is 0. The lowest BCUT2D eigenvalue weighted by atomic mass is 10.2. The predicted octanol–water partition coefficient (Wildman–Crippen LogP) is 3.53. The molecule has 0 bridgehead atoms. The SMILES string of the molecule is O=C(Nc1ccc(F)c(Cl)c1)[C@H]1CCCN1/C=C/C(=O)C(F)(F)F. The molecule has 1 heterocycles. The van der Waals surface area contributed by atoms with Gasteiger partial charge in [0.1, 0.15) is 11.9 Å². The molecule has 1 aromatic rings. The maximum atomic E-state index is 13.1. The minimum Gasteiger partial charge on any atom is -0.365 e. The molecule has 1 amide bonds. The summed E-state index contributed by atoms with van der Waals surface area (Å²) < 4.78 is 49.7.